The first kappa shape index (κ1) is 62.4. The minimum absolute atomic E-state index is 0.486. The largest absolute Gasteiger partial charge is 0.309 e. The van der Waals surface area contributed by atoms with Crippen LogP contribution in [-0.2, 0) is 0 Å². The standard InChI is InChI=1S/C55H36N5.C43H26N4S/c1-5-19-37(20-6-1)53-56-54(38-21-7-2-8-22-38)58-55(57-53)39-33-35-40(36-34-39)59-47-31-17-15-29-45(47)49-50-46-30-16-18-32-48(46)60(41-23-9-3-10-24-41,42-25-11-4-12-26-42)52(50)44-28-14-13-27-43(44)51(49)59;1-3-13-27(14-4-1)41-44-42(28-15-5-2-6-16-28)46-43(45-41)29-23-25-30(26-24-29)47-35-21-11-9-19-33(35)37-38-34-20-10-12-22-36(34)48-40(38)32-18-8-7-17-31(32)39(37)47/h1-36H;1-26H/q+1;. The minimum atomic E-state index is 0.486. The van der Waals surface area contributed by atoms with Gasteiger partial charge in [-0.3, -0.25) is 0 Å². The Morgan fingerprint density at radius 3 is 1.02 bits per heavy atom. The van der Waals surface area contributed by atoms with Crippen LogP contribution in [0, 0.1) is 0 Å². The van der Waals surface area contributed by atoms with Crippen molar-refractivity contribution in [3.05, 3.63) is 376 Å². The highest BCUT2D eigenvalue weighted by Gasteiger charge is 2.50. The summed E-state index contributed by atoms with van der Waals surface area (Å²) in [6.45, 7) is 0. The number of para-hydroxylation sites is 5. The fourth-order valence-corrected chi connectivity index (χ4v) is 17.9. The number of nitrogens with zero attached hydrogens (tertiary/aromatic N) is 9. The van der Waals surface area contributed by atoms with Crippen molar-refractivity contribution in [2.24, 2.45) is 0 Å². The molecule has 1 aliphatic rings. The summed E-state index contributed by atoms with van der Waals surface area (Å²) >= 11 is 1.89. The van der Waals surface area contributed by atoms with E-state index in [1.54, 1.807) is 0 Å². The third-order valence-corrected chi connectivity index (χ3v) is 22.5. The molecule has 0 saturated heterocycles. The van der Waals surface area contributed by atoms with Crippen molar-refractivity contribution in [1.82, 2.24) is 43.5 Å². The van der Waals surface area contributed by atoms with Gasteiger partial charge in [0, 0.05) is 138 Å². The Hall–Kier alpha value is -14.2. The predicted molar refractivity (Wildman–Crippen MR) is 448 cm³/mol. The van der Waals surface area contributed by atoms with Crippen LogP contribution >= 0.6 is 11.3 Å². The molecular formula is C98H62N9S+. The quantitative estimate of drug-likeness (QED) is 0.127. The average Bonchev–Trinajstić information content (AvgIpc) is 1.50. The van der Waals surface area contributed by atoms with Crippen LogP contribution in [0.15, 0.2) is 376 Å². The van der Waals surface area contributed by atoms with Gasteiger partial charge in [0.15, 0.2) is 46.3 Å². The van der Waals surface area contributed by atoms with Crippen molar-refractivity contribution in [2.45, 2.75) is 0 Å². The molecule has 5 aromatic heterocycles. The van der Waals surface area contributed by atoms with Crippen molar-refractivity contribution in [1.29, 1.82) is 0 Å². The number of thiophene rings is 1. The van der Waals surface area contributed by atoms with Crippen LogP contribution in [0.4, 0.5) is 22.7 Å². The number of hydrogen-bond donors (Lipinski definition) is 0. The summed E-state index contributed by atoms with van der Waals surface area (Å²) in [6, 6.07) is 133. The summed E-state index contributed by atoms with van der Waals surface area (Å²) in [7, 11) is 0. The van der Waals surface area contributed by atoms with Gasteiger partial charge in [0.05, 0.1) is 33.2 Å². The van der Waals surface area contributed by atoms with Crippen LogP contribution in [0.1, 0.15) is 0 Å². The molecule has 1 aliphatic heterocycles. The van der Waals surface area contributed by atoms with Crippen LogP contribution in [0.5, 0.6) is 0 Å². The lowest BCUT2D eigenvalue weighted by molar-refractivity contribution is 0.727. The van der Waals surface area contributed by atoms with Gasteiger partial charge in [-0.1, -0.05) is 267 Å². The van der Waals surface area contributed by atoms with Gasteiger partial charge in [0.2, 0.25) is 0 Å². The Kier molecular flexibility index (Phi) is 14.8. The first-order valence-corrected chi connectivity index (χ1v) is 37.2. The first-order valence-electron chi connectivity index (χ1n) is 36.4. The van der Waals surface area contributed by atoms with Crippen molar-refractivity contribution >= 4 is 119 Å². The number of fused-ring (bicyclic) bond motifs is 20. The summed E-state index contributed by atoms with van der Waals surface area (Å²) in [5.41, 5.74) is 20.0. The third-order valence-electron chi connectivity index (χ3n) is 21.3. The molecule has 16 aromatic carbocycles. The molecule has 21 aromatic rings. The summed E-state index contributed by atoms with van der Waals surface area (Å²) in [5, 5.41) is 12.6. The second-order valence-corrected chi connectivity index (χ2v) is 28.4. The molecule has 0 unspecified atom stereocenters. The molecule has 0 atom stereocenters. The van der Waals surface area contributed by atoms with E-state index in [1.165, 1.54) is 114 Å². The first-order chi connectivity index (χ1) is 53.6. The molecule has 0 radical (unpaired) electrons. The van der Waals surface area contributed by atoms with Crippen LogP contribution in [0.25, 0.3) is 176 Å². The SMILES string of the molecule is c1ccc(-c2nc(-c3ccccc3)nc(-c3ccc(-n4c5ccccc5c5c6c(c7ccccc7c54)[N+](c4ccccc4)(c4ccccc4)c4ccccc4-6)cc3)n2)cc1.c1ccc(-c2nc(-c3ccccc3)nc(-c3ccc(-n4c5ccccc5c5c6c7ccccc7sc6c6ccccc6c54)cc3)n2)cc1. The molecule has 22 rings (SSSR count). The summed E-state index contributed by atoms with van der Waals surface area (Å²) < 4.78 is 8.03. The molecule has 0 N–H and O–H groups in total. The third kappa shape index (κ3) is 9.96. The van der Waals surface area contributed by atoms with Crippen molar-refractivity contribution in [2.75, 3.05) is 0 Å². The van der Waals surface area contributed by atoms with Crippen LogP contribution < -0.4 is 4.48 Å². The van der Waals surface area contributed by atoms with E-state index < -0.39 is 0 Å². The lowest BCUT2D eigenvalue weighted by Gasteiger charge is -2.35. The second-order valence-electron chi connectivity index (χ2n) is 27.3. The molecule has 504 valence electrons. The van der Waals surface area contributed by atoms with Crippen LogP contribution in [0.2, 0.25) is 0 Å². The van der Waals surface area contributed by atoms with Crippen molar-refractivity contribution < 1.29 is 0 Å². The summed E-state index contributed by atoms with van der Waals surface area (Å²) in [4.78, 5) is 29.8. The van der Waals surface area contributed by atoms with Crippen LogP contribution in [-0.4, -0.2) is 39.0 Å². The zero-order valence-corrected chi connectivity index (χ0v) is 59.0. The second kappa shape index (κ2) is 25.6. The predicted octanol–water partition coefficient (Wildman–Crippen LogP) is 25.9. The van der Waals surface area contributed by atoms with Gasteiger partial charge in [0.25, 0.3) is 0 Å². The Morgan fingerprint density at radius 2 is 0.565 bits per heavy atom. The highest BCUT2D eigenvalue weighted by atomic mass is 32.1. The van der Waals surface area contributed by atoms with Crippen molar-refractivity contribution in [3.63, 3.8) is 0 Å². The van der Waals surface area contributed by atoms with E-state index in [2.05, 4.69) is 264 Å². The maximum atomic E-state index is 5.03. The Balaban J connectivity index is 0.000000141. The monoisotopic (exact) mass is 1400 g/mol. The zero-order valence-electron chi connectivity index (χ0n) is 58.2. The Morgan fingerprint density at radius 1 is 0.241 bits per heavy atom. The maximum Gasteiger partial charge on any atom is 0.165 e. The molecule has 9 nitrogen and oxygen atoms in total. The summed E-state index contributed by atoms with van der Waals surface area (Å²) in [6.07, 6.45) is 0. The average molecular weight is 1400 g/mol. The molecular weight excluding hydrogens is 1340 g/mol. The highest BCUT2D eigenvalue weighted by molar-refractivity contribution is 7.27. The fraction of sp³-hybridized carbons (Fsp3) is 0. The van der Waals surface area contributed by atoms with E-state index in [0.29, 0.717) is 39.4 Å². The topological polar surface area (TPSA) is 87.2 Å². The molecule has 0 fully saturated rings. The molecule has 0 amide bonds. The molecule has 0 bridgehead atoms. The molecule has 108 heavy (non-hydrogen) atoms. The normalized spacial score (nSPS) is 12.3. The summed E-state index contributed by atoms with van der Waals surface area (Å²) in [5.74, 6) is 3.88. The molecule has 0 spiro atoms. The number of quaternary nitrogens is 1. The van der Waals surface area contributed by atoms with Gasteiger partial charge in [0.1, 0.15) is 11.4 Å². The number of rotatable bonds is 10. The minimum Gasteiger partial charge on any atom is -0.309 e. The van der Waals surface area contributed by atoms with Gasteiger partial charge in [-0.05, 0) is 78.9 Å². The van der Waals surface area contributed by atoms with E-state index in [-0.39, 0.29) is 0 Å². The van der Waals surface area contributed by atoms with Gasteiger partial charge in [-0.2, -0.15) is 4.48 Å². The van der Waals surface area contributed by atoms with Gasteiger partial charge < -0.3 is 9.13 Å². The molecule has 0 aliphatic carbocycles. The van der Waals surface area contributed by atoms with Crippen LogP contribution in [0.3, 0.4) is 0 Å². The van der Waals surface area contributed by atoms with E-state index in [4.69, 9.17) is 29.9 Å². The Labute approximate surface area is 625 Å². The van der Waals surface area contributed by atoms with E-state index in [0.717, 1.165) is 50.3 Å². The zero-order chi connectivity index (χ0) is 71.2. The van der Waals surface area contributed by atoms with E-state index in [1.807, 2.05) is 133 Å². The van der Waals surface area contributed by atoms with E-state index >= 15 is 0 Å². The fourth-order valence-electron chi connectivity index (χ4n) is 16.6. The highest BCUT2D eigenvalue weighted by Crippen LogP contribution is 2.67. The number of aromatic nitrogens is 8. The number of hydrogen-bond acceptors (Lipinski definition) is 7. The molecule has 10 heteroatoms. The lowest BCUT2D eigenvalue weighted by atomic mass is 9.94. The smallest absolute Gasteiger partial charge is 0.165 e. The molecule has 0 saturated carbocycles. The maximum absolute atomic E-state index is 5.03. The number of benzene rings is 16. The van der Waals surface area contributed by atoms with Crippen molar-refractivity contribution in [3.8, 4) is 90.8 Å². The van der Waals surface area contributed by atoms with Gasteiger partial charge in [-0.25, -0.2) is 29.9 Å². The Bertz CT molecular complexity index is 6910. The lowest BCUT2D eigenvalue weighted by Crippen LogP contribution is -2.31. The van der Waals surface area contributed by atoms with Gasteiger partial charge >= 0.3 is 0 Å². The van der Waals surface area contributed by atoms with Gasteiger partial charge in [-0.15, -0.1) is 11.3 Å². The molecule has 6 heterocycles. The van der Waals surface area contributed by atoms with E-state index in [9.17, 15) is 0 Å².